The zero-order valence-electron chi connectivity index (χ0n) is 20.1. The number of para-hydroxylation sites is 1. The fourth-order valence-electron chi connectivity index (χ4n) is 4.55. The third kappa shape index (κ3) is 5.44. The second-order valence-electron chi connectivity index (χ2n) is 8.90. The predicted molar refractivity (Wildman–Crippen MR) is 136 cm³/mol. The van der Waals surface area contributed by atoms with Crippen LogP contribution in [0.25, 0.3) is 22.2 Å². The molecular weight excluding hydrogens is 521 g/mol. The van der Waals surface area contributed by atoms with Gasteiger partial charge in [0.1, 0.15) is 22.2 Å². The first-order valence-corrected chi connectivity index (χ1v) is 13.4. The van der Waals surface area contributed by atoms with E-state index >= 15 is 0 Å². The van der Waals surface area contributed by atoms with Crippen molar-refractivity contribution in [3.05, 3.63) is 66.4 Å². The summed E-state index contributed by atoms with van der Waals surface area (Å²) in [5, 5.41) is 9.01. The number of fused-ring (bicyclic) bond motifs is 1. The lowest BCUT2D eigenvalue weighted by Gasteiger charge is -2.23. The van der Waals surface area contributed by atoms with Crippen LogP contribution in [0.3, 0.4) is 0 Å². The number of sulfonamides is 1. The van der Waals surface area contributed by atoms with Crippen LogP contribution in [0.15, 0.2) is 65.7 Å². The van der Waals surface area contributed by atoms with Crippen molar-refractivity contribution in [1.29, 1.82) is 0 Å². The summed E-state index contributed by atoms with van der Waals surface area (Å²) in [7, 11) is -4.29. The molecule has 13 heteroatoms. The van der Waals surface area contributed by atoms with Gasteiger partial charge < -0.3 is 15.8 Å². The van der Waals surface area contributed by atoms with E-state index in [4.69, 9.17) is 10.8 Å². The van der Waals surface area contributed by atoms with Gasteiger partial charge in [-0.1, -0.05) is 36.4 Å². The Morgan fingerprint density at radius 2 is 1.89 bits per heavy atom. The van der Waals surface area contributed by atoms with Crippen LogP contribution in [-0.4, -0.2) is 42.6 Å². The third-order valence-corrected chi connectivity index (χ3v) is 7.77. The molecule has 0 unspecified atom stereocenters. The van der Waals surface area contributed by atoms with Gasteiger partial charge in [-0.2, -0.15) is 5.10 Å². The average Bonchev–Trinajstić information content (AvgIpc) is 3.29. The number of ether oxygens (including phenoxy) is 1. The fourth-order valence-corrected chi connectivity index (χ4v) is 5.70. The SMILES string of the molecule is Nc1nccc2c1c(-c1ccc(CNS(=O)(=O)c3ccccc3OC(F)(F)F)cc1)nn2[C@@H]1CCCNC1. The quantitative estimate of drug-likeness (QED) is 0.320. The number of rotatable bonds is 7. The van der Waals surface area contributed by atoms with Crippen LogP contribution in [0.4, 0.5) is 19.0 Å². The van der Waals surface area contributed by atoms with Crippen molar-refractivity contribution < 1.29 is 26.3 Å². The summed E-state index contributed by atoms with van der Waals surface area (Å²) in [6.45, 7) is 1.63. The molecule has 0 spiro atoms. The lowest BCUT2D eigenvalue weighted by atomic mass is 10.1. The molecule has 1 aliphatic heterocycles. The molecule has 0 amide bonds. The van der Waals surface area contributed by atoms with E-state index in [-0.39, 0.29) is 12.6 Å². The Kier molecular flexibility index (Phi) is 6.99. The molecule has 2 aromatic carbocycles. The largest absolute Gasteiger partial charge is 0.573 e. The highest BCUT2D eigenvalue weighted by Gasteiger charge is 2.34. The normalized spacial score (nSPS) is 16.6. The van der Waals surface area contributed by atoms with Crippen LogP contribution in [0.2, 0.25) is 0 Å². The maximum absolute atomic E-state index is 12.7. The van der Waals surface area contributed by atoms with Crippen molar-refractivity contribution in [2.75, 3.05) is 18.8 Å². The van der Waals surface area contributed by atoms with Crippen molar-refractivity contribution >= 4 is 26.7 Å². The molecule has 9 nitrogen and oxygen atoms in total. The number of alkyl halides is 3. The molecule has 38 heavy (non-hydrogen) atoms. The van der Waals surface area contributed by atoms with Crippen molar-refractivity contribution in [2.24, 2.45) is 0 Å². The van der Waals surface area contributed by atoms with E-state index in [1.807, 2.05) is 10.7 Å². The van der Waals surface area contributed by atoms with Crippen molar-refractivity contribution in [2.45, 2.75) is 36.7 Å². The minimum Gasteiger partial charge on any atom is -0.404 e. The van der Waals surface area contributed by atoms with Gasteiger partial charge in [0.25, 0.3) is 0 Å². The Balaban J connectivity index is 1.38. The summed E-state index contributed by atoms with van der Waals surface area (Å²) in [4.78, 5) is 3.63. The molecule has 2 aromatic heterocycles. The first-order chi connectivity index (χ1) is 18.1. The van der Waals surface area contributed by atoms with Gasteiger partial charge in [-0.3, -0.25) is 4.68 Å². The fraction of sp³-hybridized carbons (Fsp3) is 0.280. The Labute approximate surface area is 216 Å². The van der Waals surface area contributed by atoms with E-state index in [1.165, 1.54) is 12.1 Å². The number of hydrogen-bond acceptors (Lipinski definition) is 7. The van der Waals surface area contributed by atoms with Crippen molar-refractivity contribution in [3.63, 3.8) is 0 Å². The van der Waals surface area contributed by atoms with Crippen LogP contribution in [0.5, 0.6) is 5.75 Å². The number of nitrogens with two attached hydrogens (primary N) is 1. The molecule has 1 aliphatic rings. The van der Waals surface area contributed by atoms with Gasteiger partial charge in [-0.15, -0.1) is 13.2 Å². The summed E-state index contributed by atoms with van der Waals surface area (Å²) >= 11 is 0. The van der Waals surface area contributed by atoms with Crippen molar-refractivity contribution in [3.8, 4) is 17.0 Å². The minimum absolute atomic E-state index is 0.143. The molecule has 200 valence electrons. The standard InChI is InChI=1S/C25H25F3N6O3S/c26-25(27,28)37-20-5-1-2-6-21(20)38(35,36)32-14-16-7-9-17(10-8-16)23-22-19(11-13-31-24(22)29)34(33-23)18-4-3-12-30-15-18/h1-2,5-11,13,18,30,32H,3-4,12,14-15H2,(H2,29,31)/t18-/m1/s1. The van der Waals surface area contributed by atoms with Crippen LogP contribution >= 0.6 is 0 Å². The molecule has 0 aliphatic carbocycles. The van der Waals surface area contributed by atoms with Gasteiger partial charge in [0, 0.05) is 24.8 Å². The lowest BCUT2D eigenvalue weighted by Crippen LogP contribution is -2.32. The van der Waals surface area contributed by atoms with Crippen LogP contribution in [0, 0.1) is 0 Å². The zero-order valence-corrected chi connectivity index (χ0v) is 20.9. The summed E-state index contributed by atoms with van der Waals surface area (Å²) in [5.74, 6) is -0.436. The van der Waals surface area contributed by atoms with E-state index in [2.05, 4.69) is 19.8 Å². The van der Waals surface area contributed by atoms with E-state index in [0.717, 1.165) is 54.5 Å². The number of pyridine rings is 1. The molecule has 3 heterocycles. The molecule has 0 saturated carbocycles. The molecule has 1 atom stereocenters. The number of hydrogen-bond donors (Lipinski definition) is 3. The first kappa shape index (κ1) is 25.9. The monoisotopic (exact) mass is 546 g/mol. The first-order valence-electron chi connectivity index (χ1n) is 11.9. The van der Waals surface area contributed by atoms with Crippen LogP contribution in [-0.2, 0) is 16.6 Å². The number of piperidine rings is 1. The van der Waals surface area contributed by atoms with Crippen LogP contribution < -0.4 is 20.5 Å². The maximum Gasteiger partial charge on any atom is 0.573 e. The Hall–Kier alpha value is -3.68. The second-order valence-corrected chi connectivity index (χ2v) is 10.6. The highest BCUT2D eigenvalue weighted by Crippen LogP contribution is 2.34. The number of benzene rings is 2. The molecule has 1 saturated heterocycles. The van der Waals surface area contributed by atoms with Gasteiger partial charge >= 0.3 is 6.36 Å². The second kappa shape index (κ2) is 10.2. The zero-order chi connectivity index (χ0) is 26.9. The van der Waals surface area contributed by atoms with Gasteiger partial charge in [0.15, 0.2) is 0 Å². The Morgan fingerprint density at radius 3 is 2.61 bits per heavy atom. The molecule has 5 rings (SSSR count). The Morgan fingerprint density at radius 1 is 1.13 bits per heavy atom. The van der Waals surface area contributed by atoms with E-state index in [9.17, 15) is 21.6 Å². The maximum atomic E-state index is 12.7. The Bertz CT molecular complexity index is 1550. The summed E-state index contributed by atoms with van der Waals surface area (Å²) in [6, 6.07) is 13.7. The lowest BCUT2D eigenvalue weighted by molar-refractivity contribution is -0.275. The minimum atomic E-state index is -5.02. The summed E-state index contributed by atoms with van der Waals surface area (Å²) in [5.41, 5.74) is 9.15. The van der Waals surface area contributed by atoms with Crippen molar-refractivity contribution in [1.82, 2.24) is 24.8 Å². The van der Waals surface area contributed by atoms with Gasteiger partial charge in [-0.05, 0) is 43.1 Å². The molecule has 0 bridgehead atoms. The van der Waals surface area contributed by atoms with E-state index in [1.54, 1.807) is 30.5 Å². The van der Waals surface area contributed by atoms with Gasteiger partial charge in [0.05, 0.1) is 16.9 Å². The molecule has 4 N–H and O–H groups in total. The number of aromatic nitrogens is 3. The highest BCUT2D eigenvalue weighted by molar-refractivity contribution is 7.89. The number of nitrogens with one attached hydrogen (secondary N) is 2. The summed E-state index contributed by atoms with van der Waals surface area (Å²) in [6.07, 6.45) is -1.34. The molecule has 4 aromatic rings. The number of anilines is 1. The third-order valence-electron chi connectivity index (χ3n) is 6.32. The predicted octanol–water partition coefficient (Wildman–Crippen LogP) is 3.98. The molecule has 1 fully saturated rings. The summed E-state index contributed by atoms with van der Waals surface area (Å²) < 4.78 is 71.8. The average molecular weight is 547 g/mol. The van der Waals surface area contributed by atoms with Crippen LogP contribution in [0.1, 0.15) is 24.4 Å². The highest BCUT2D eigenvalue weighted by atomic mass is 32.2. The molecule has 0 radical (unpaired) electrons. The number of nitrogens with zero attached hydrogens (tertiary/aromatic N) is 3. The molecular formula is C25H25F3N6O3S. The number of nitrogen functional groups attached to an aromatic ring is 1. The topological polar surface area (TPSA) is 124 Å². The number of halogens is 3. The van der Waals surface area contributed by atoms with Gasteiger partial charge in [0.2, 0.25) is 10.0 Å². The smallest absolute Gasteiger partial charge is 0.404 e. The van der Waals surface area contributed by atoms with Gasteiger partial charge in [-0.25, -0.2) is 18.1 Å². The van der Waals surface area contributed by atoms with E-state index < -0.39 is 27.0 Å². The van der Waals surface area contributed by atoms with E-state index in [0.29, 0.717) is 17.1 Å².